The van der Waals surface area contributed by atoms with Crippen molar-refractivity contribution < 1.29 is 0 Å². The third-order valence-corrected chi connectivity index (χ3v) is 10.6. The summed E-state index contributed by atoms with van der Waals surface area (Å²) in [6, 6.07) is 66.2. The van der Waals surface area contributed by atoms with Crippen LogP contribution in [-0.2, 0) is 0 Å². The van der Waals surface area contributed by atoms with Crippen LogP contribution in [0.4, 0.5) is 17.1 Å². The fourth-order valence-corrected chi connectivity index (χ4v) is 8.12. The zero-order valence-corrected chi connectivity index (χ0v) is 29.1. The summed E-state index contributed by atoms with van der Waals surface area (Å²) in [5.41, 5.74) is 12.0. The van der Waals surface area contributed by atoms with Crippen LogP contribution >= 0.6 is 0 Å². The Bertz CT molecular complexity index is 3000. The number of para-hydroxylation sites is 3. The van der Waals surface area contributed by atoms with Gasteiger partial charge in [-0.15, -0.1) is 0 Å². The quantitative estimate of drug-likeness (QED) is 0.180. The molecule has 0 N–H and O–H groups in total. The third-order valence-electron chi connectivity index (χ3n) is 10.6. The molecular weight excluding hydrogens is 659 g/mol. The summed E-state index contributed by atoms with van der Waals surface area (Å²) in [6.45, 7) is 0. The maximum Gasteiger partial charge on any atom is 0.238 e. The average Bonchev–Trinajstić information content (AvgIpc) is 3.59. The first-order chi connectivity index (χ1) is 26.8. The maximum atomic E-state index is 5.26. The van der Waals surface area contributed by atoms with E-state index in [1.54, 1.807) is 0 Å². The summed E-state index contributed by atoms with van der Waals surface area (Å²) in [5, 5.41) is 4.78. The van der Waals surface area contributed by atoms with E-state index in [-0.39, 0.29) is 0 Å². The van der Waals surface area contributed by atoms with Gasteiger partial charge in [0.2, 0.25) is 5.95 Å². The van der Waals surface area contributed by atoms with Crippen LogP contribution < -0.4 is 4.90 Å². The van der Waals surface area contributed by atoms with Crippen molar-refractivity contribution in [1.82, 2.24) is 19.5 Å². The van der Waals surface area contributed by atoms with Crippen LogP contribution in [0.25, 0.3) is 83.6 Å². The van der Waals surface area contributed by atoms with Gasteiger partial charge in [0.15, 0.2) is 11.6 Å². The van der Waals surface area contributed by atoms with Gasteiger partial charge in [-0.25, -0.2) is 4.98 Å². The van der Waals surface area contributed by atoms with Crippen LogP contribution in [0.1, 0.15) is 0 Å². The molecule has 0 aliphatic carbocycles. The van der Waals surface area contributed by atoms with Crippen molar-refractivity contribution >= 4 is 49.6 Å². The second-order valence-corrected chi connectivity index (χ2v) is 13.7. The second-order valence-electron chi connectivity index (χ2n) is 13.7. The molecule has 5 nitrogen and oxygen atoms in total. The normalized spacial score (nSPS) is 12.0. The Labute approximate surface area is 312 Å². The molecule has 0 radical (unpaired) electrons. The largest absolute Gasteiger partial charge is 0.309 e. The predicted molar refractivity (Wildman–Crippen MR) is 222 cm³/mol. The lowest BCUT2D eigenvalue weighted by Crippen LogP contribution is -2.15. The Morgan fingerprint density at radius 2 is 0.926 bits per heavy atom. The van der Waals surface area contributed by atoms with Crippen molar-refractivity contribution in [2.24, 2.45) is 0 Å². The minimum absolute atomic E-state index is 0.576. The molecule has 0 saturated heterocycles. The molecule has 0 spiro atoms. The average molecular weight is 690 g/mol. The van der Waals surface area contributed by atoms with Crippen LogP contribution in [0.2, 0.25) is 0 Å². The number of benzene rings is 8. The molecule has 11 rings (SSSR count). The molecule has 0 amide bonds. The molecule has 8 aromatic carbocycles. The van der Waals surface area contributed by atoms with Crippen molar-refractivity contribution in [3.63, 3.8) is 0 Å². The van der Waals surface area contributed by atoms with E-state index in [9.17, 15) is 0 Å². The van der Waals surface area contributed by atoms with Gasteiger partial charge in [-0.1, -0.05) is 152 Å². The Balaban J connectivity index is 1.12. The highest BCUT2D eigenvalue weighted by Crippen LogP contribution is 2.51. The summed E-state index contributed by atoms with van der Waals surface area (Å²) < 4.78 is 2.17. The van der Waals surface area contributed by atoms with Gasteiger partial charge in [0.05, 0.1) is 22.4 Å². The second kappa shape index (κ2) is 12.1. The first-order valence-electron chi connectivity index (χ1n) is 18.2. The number of anilines is 3. The van der Waals surface area contributed by atoms with Gasteiger partial charge in [0, 0.05) is 38.5 Å². The SMILES string of the molecule is c1ccc(-c2ccc(-c3nc(-c4cccc(N5c6ccccc6-c6cccc7cccc5c67)c4)nc(-n4c5ccccc5c5ccccc54)n3)cc2)cc1. The van der Waals surface area contributed by atoms with Crippen molar-refractivity contribution in [3.8, 4) is 51.0 Å². The molecule has 1 aliphatic heterocycles. The van der Waals surface area contributed by atoms with Gasteiger partial charge in [0.25, 0.3) is 0 Å². The van der Waals surface area contributed by atoms with E-state index < -0.39 is 0 Å². The van der Waals surface area contributed by atoms with Crippen LogP contribution in [0, 0.1) is 0 Å². The van der Waals surface area contributed by atoms with Crippen LogP contribution in [0.5, 0.6) is 0 Å². The number of fused-ring (bicyclic) bond motifs is 5. The van der Waals surface area contributed by atoms with Crippen LogP contribution in [0.15, 0.2) is 188 Å². The molecule has 3 heterocycles. The lowest BCUT2D eigenvalue weighted by atomic mass is 9.91. The first-order valence-corrected chi connectivity index (χ1v) is 18.2. The standard InChI is InChI=1S/C49H31N5/c1-2-13-32(14-3-1)33-27-29-35(30-28-33)47-50-48(52-49(51-47)54-43-24-8-4-19-38(43)39-20-5-9-25-44(39)54)36-17-10-18-37(31-36)53-42-23-7-6-21-40(42)41-22-11-15-34-16-12-26-45(53)46(34)41/h1-31H. The van der Waals surface area contributed by atoms with Crippen molar-refractivity contribution in [2.75, 3.05) is 4.90 Å². The summed E-state index contributed by atoms with van der Waals surface area (Å²) in [6.07, 6.45) is 0. The molecule has 0 saturated carbocycles. The molecule has 0 atom stereocenters. The van der Waals surface area contributed by atoms with E-state index in [0.29, 0.717) is 17.6 Å². The van der Waals surface area contributed by atoms with Gasteiger partial charge in [-0.3, -0.25) is 4.57 Å². The van der Waals surface area contributed by atoms with Gasteiger partial charge in [-0.2, -0.15) is 9.97 Å². The molecule has 252 valence electrons. The number of aromatic nitrogens is 4. The fourth-order valence-electron chi connectivity index (χ4n) is 8.12. The number of hydrogen-bond donors (Lipinski definition) is 0. The van der Waals surface area contributed by atoms with Gasteiger partial charge < -0.3 is 4.90 Å². The molecule has 54 heavy (non-hydrogen) atoms. The molecule has 2 aromatic heterocycles. The Kier molecular flexibility index (Phi) is 6.79. The third kappa shape index (κ3) is 4.76. The van der Waals surface area contributed by atoms with E-state index in [2.05, 4.69) is 191 Å². The number of rotatable bonds is 5. The lowest BCUT2D eigenvalue weighted by Gasteiger charge is -2.33. The van der Waals surface area contributed by atoms with Gasteiger partial charge in [0.1, 0.15) is 0 Å². The molecule has 1 aliphatic rings. The summed E-state index contributed by atoms with van der Waals surface area (Å²) in [5.74, 6) is 1.80. The summed E-state index contributed by atoms with van der Waals surface area (Å²) in [7, 11) is 0. The predicted octanol–water partition coefficient (Wildman–Crippen LogP) is 12.6. The smallest absolute Gasteiger partial charge is 0.238 e. The topological polar surface area (TPSA) is 46.8 Å². The van der Waals surface area contributed by atoms with Gasteiger partial charge >= 0.3 is 0 Å². The minimum Gasteiger partial charge on any atom is -0.309 e. The van der Waals surface area contributed by atoms with Crippen LogP contribution in [0.3, 0.4) is 0 Å². The lowest BCUT2D eigenvalue weighted by molar-refractivity contribution is 0.953. The summed E-state index contributed by atoms with van der Waals surface area (Å²) >= 11 is 0. The molecule has 0 fully saturated rings. The van der Waals surface area contributed by atoms with Gasteiger partial charge in [-0.05, 0) is 58.5 Å². The zero-order valence-electron chi connectivity index (χ0n) is 29.1. The highest BCUT2D eigenvalue weighted by molar-refractivity contribution is 6.14. The van der Waals surface area contributed by atoms with Crippen molar-refractivity contribution in [2.45, 2.75) is 0 Å². The highest BCUT2D eigenvalue weighted by Gasteiger charge is 2.26. The Morgan fingerprint density at radius 1 is 0.370 bits per heavy atom. The van der Waals surface area contributed by atoms with E-state index in [0.717, 1.165) is 55.6 Å². The van der Waals surface area contributed by atoms with E-state index in [1.165, 1.54) is 27.5 Å². The monoisotopic (exact) mass is 689 g/mol. The van der Waals surface area contributed by atoms with Crippen LogP contribution in [-0.4, -0.2) is 19.5 Å². The molecule has 0 unspecified atom stereocenters. The summed E-state index contributed by atoms with van der Waals surface area (Å²) in [4.78, 5) is 18.0. The van der Waals surface area contributed by atoms with E-state index in [1.807, 2.05) is 6.07 Å². The minimum atomic E-state index is 0.576. The fraction of sp³-hybridized carbons (Fsp3) is 0. The van der Waals surface area contributed by atoms with E-state index >= 15 is 0 Å². The first kappa shape index (κ1) is 30.3. The molecule has 5 heteroatoms. The Morgan fingerprint density at radius 3 is 1.70 bits per heavy atom. The zero-order chi connectivity index (χ0) is 35.6. The molecule has 10 aromatic rings. The van der Waals surface area contributed by atoms with Crippen molar-refractivity contribution in [1.29, 1.82) is 0 Å². The number of nitrogens with zero attached hydrogens (tertiary/aromatic N) is 5. The van der Waals surface area contributed by atoms with E-state index in [4.69, 9.17) is 15.0 Å². The molecular formula is C49H31N5. The molecule has 0 bridgehead atoms. The maximum absolute atomic E-state index is 5.26. The van der Waals surface area contributed by atoms with Crippen molar-refractivity contribution in [3.05, 3.63) is 188 Å². The highest BCUT2D eigenvalue weighted by atomic mass is 15.2. The Hall–Kier alpha value is -7.37. The number of hydrogen-bond acceptors (Lipinski definition) is 4.